The van der Waals surface area contributed by atoms with E-state index < -0.39 is 10.0 Å². The molecule has 1 fully saturated rings. The van der Waals surface area contributed by atoms with Crippen LogP contribution in [0.3, 0.4) is 0 Å². The number of halogens is 1. The number of hydrogen-bond acceptors (Lipinski definition) is 4. The van der Waals surface area contributed by atoms with Crippen LogP contribution in [0.1, 0.15) is 5.56 Å². The molecule has 1 aliphatic heterocycles. The van der Waals surface area contributed by atoms with Crippen molar-refractivity contribution in [2.24, 2.45) is 5.14 Å². The summed E-state index contributed by atoms with van der Waals surface area (Å²) in [6.45, 7) is 4.25. The molecule has 156 valence electrons. The van der Waals surface area contributed by atoms with Crippen molar-refractivity contribution in [3.8, 4) is 0 Å². The molecule has 2 aromatic carbocycles. The van der Waals surface area contributed by atoms with Crippen LogP contribution in [0.2, 0.25) is 0 Å². The fourth-order valence-electron chi connectivity index (χ4n) is 3.39. The van der Waals surface area contributed by atoms with Crippen molar-refractivity contribution in [1.29, 1.82) is 0 Å². The van der Waals surface area contributed by atoms with Gasteiger partial charge in [-0.3, -0.25) is 4.79 Å². The maximum Gasteiger partial charge on any atom is 0.275 e. The van der Waals surface area contributed by atoms with Gasteiger partial charge < -0.3 is 15.1 Å². The number of amides is 1. The van der Waals surface area contributed by atoms with E-state index in [-0.39, 0.29) is 16.6 Å². The molecule has 1 amide bonds. The number of nitrogens with zero attached hydrogens (tertiary/aromatic N) is 1. The molecule has 4 N–H and O–H groups in total. The number of hydrogen-bond donors (Lipinski definition) is 3. The summed E-state index contributed by atoms with van der Waals surface area (Å²) in [6, 6.07) is 12.8. The predicted octanol–water partition coefficient (Wildman–Crippen LogP) is -0.463. The van der Waals surface area contributed by atoms with Gasteiger partial charge in [0, 0.05) is 12.2 Å². The van der Waals surface area contributed by atoms with Crippen molar-refractivity contribution in [2.45, 2.75) is 11.3 Å². The number of benzene rings is 2. The Morgan fingerprint density at radius 1 is 1.07 bits per heavy atom. The van der Waals surface area contributed by atoms with Gasteiger partial charge in [0.25, 0.3) is 5.91 Å². The van der Waals surface area contributed by atoms with Gasteiger partial charge in [-0.05, 0) is 48.4 Å². The van der Waals surface area contributed by atoms with Crippen molar-refractivity contribution in [3.63, 3.8) is 0 Å². The molecule has 1 aliphatic rings. The summed E-state index contributed by atoms with van der Waals surface area (Å²) in [6.07, 6.45) is 0.615. The van der Waals surface area contributed by atoms with Crippen molar-refractivity contribution >= 4 is 21.6 Å². The molecule has 29 heavy (non-hydrogen) atoms. The molecule has 7 nitrogen and oxygen atoms in total. The molecule has 3 rings (SSSR count). The average molecular weight is 422 g/mol. The fraction of sp³-hybridized carbons (Fsp3) is 0.350. The third-order valence-electron chi connectivity index (χ3n) is 5.06. The summed E-state index contributed by atoms with van der Waals surface area (Å²) < 4.78 is 35.5. The Bertz CT molecular complexity index is 925. The van der Waals surface area contributed by atoms with Gasteiger partial charge in [0.1, 0.15) is 5.82 Å². The minimum atomic E-state index is -3.69. The highest BCUT2D eigenvalue weighted by molar-refractivity contribution is 7.89. The van der Waals surface area contributed by atoms with E-state index in [0.717, 1.165) is 37.4 Å². The third-order valence-corrected chi connectivity index (χ3v) is 5.99. The van der Waals surface area contributed by atoms with Gasteiger partial charge in [0.05, 0.1) is 31.1 Å². The van der Waals surface area contributed by atoms with Crippen molar-refractivity contribution in [3.05, 3.63) is 59.9 Å². The number of piperazine rings is 1. The van der Waals surface area contributed by atoms with Gasteiger partial charge in [0.2, 0.25) is 10.0 Å². The Labute approximate surface area is 170 Å². The highest BCUT2D eigenvalue weighted by Gasteiger charge is 2.22. The summed E-state index contributed by atoms with van der Waals surface area (Å²) in [4.78, 5) is 15.7. The summed E-state index contributed by atoms with van der Waals surface area (Å²) >= 11 is 0. The number of carbonyl (C=O) groups is 1. The number of sulfonamides is 1. The number of primary sulfonamides is 1. The minimum absolute atomic E-state index is 0.00334. The highest BCUT2D eigenvalue weighted by Crippen LogP contribution is 2.14. The Kier molecular flexibility index (Phi) is 6.83. The maximum absolute atomic E-state index is 13.0. The second-order valence-corrected chi connectivity index (χ2v) is 8.74. The van der Waals surface area contributed by atoms with Crippen molar-refractivity contribution in [1.82, 2.24) is 5.32 Å². The van der Waals surface area contributed by atoms with Gasteiger partial charge >= 0.3 is 0 Å². The third kappa shape index (κ3) is 6.25. The van der Waals surface area contributed by atoms with E-state index in [2.05, 4.69) is 10.2 Å². The van der Waals surface area contributed by atoms with E-state index in [1.807, 2.05) is 0 Å². The van der Waals surface area contributed by atoms with Gasteiger partial charge in [-0.25, -0.2) is 17.9 Å². The molecular weight excluding hydrogens is 395 g/mol. The quantitative estimate of drug-likeness (QED) is 0.564. The summed E-state index contributed by atoms with van der Waals surface area (Å²) in [7, 11) is -3.69. The number of rotatable bonds is 7. The zero-order valence-electron chi connectivity index (χ0n) is 16.1. The van der Waals surface area contributed by atoms with Crippen LogP contribution in [0, 0.1) is 5.82 Å². The normalized spacial score (nSPS) is 15.3. The largest absolute Gasteiger partial charge is 0.360 e. The summed E-state index contributed by atoms with van der Waals surface area (Å²) in [5, 5.41) is 7.99. The Morgan fingerprint density at radius 3 is 2.28 bits per heavy atom. The van der Waals surface area contributed by atoms with Crippen LogP contribution < -0.4 is 20.3 Å². The Hall–Kier alpha value is -2.49. The zero-order valence-corrected chi connectivity index (χ0v) is 16.9. The van der Waals surface area contributed by atoms with Crippen LogP contribution in [0.15, 0.2) is 53.4 Å². The lowest BCUT2D eigenvalue weighted by Gasteiger charge is -2.33. The second-order valence-electron chi connectivity index (χ2n) is 7.18. The molecular formula is C20H26FN4O3S+. The first-order valence-electron chi connectivity index (χ1n) is 9.54. The van der Waals surface area contributed by atoms with Crippen LogP contribution in [0.5, 0.6) is 0 Å². The van der Waals surface area contributed by atoms with E-state index in [1.165, 1.54) is 29.2 Å². The first-order valence-corrected chi connectivity index (χ1v) is 11.1. The number of nitrogens with two attached hydrogens (primary N) is 1. The zero-order chi connectivity index (χ0) is 20.9. The summed E-state index contributed by atoms with van der Waals surface area (Å²) in [5.41, 5.74) is 1.93. The number of anilines is 1. The van der Waals surface area contributed by atoms with Crippen LogP contribution >= 0.6 is 0 Å². The van der Waals surface area contributed by atoms with Crippen molar-refractivity contribution in [2.75, 3.05) is 44.2 Å². The molecule has 0 atom stereocenters. The smallest absolute Gasteiger partial charge is 0.275 e. The van der Waals surface area contributed by atoms with E-state index >= 15 is 0 Å². The predicted molar refractivity (Wildman–Crippen MR) is 109 cm³/mol. The van der Waals surface area contributed by atoms with Crippen LogP contribution in [-0.4, -0.2) is 53.6 Å². The standard InChI is InChI=1S/C20H25FN4O3S/c21-17-3-5-18(6-4-17)25-13-11-24(12-14-25)15-20(26)23-10-9-16-1-7-19(8-2-16)29(22,27)28/h1-8H,9-15H2,(H,23,26)(H2,22,27,28)/p+1. The Morgan fingerprint density at radius 2 is 1.69 bits per heavy atom. The molecule has 1 heterocycles. The molecule has 0 spiro atoms. The molecule has 9 heteroatoms. The van der Waals surface area contributed by atoms with Gasteiger partial charge in [-0.2, -0.15) is 0 Å². The van der Waals surface area contributed by atoms with E-state index in [1.54, 1.807) is 24.3 Å². The number of quaternary nitrogens is 1. The molecule has 0 unspecified atom stereocenters. The first kappa shape index (κ1) is 21.2. The molecule has 1 saturated heterocycles. The second kappa shape index (κ2) is 9.34. The van der Waals surface area contributed by atoms with Crippen LogP contribution in [-0.2, 0) is 21.2 Å². The maximum atomic E-state index is 13.0. The van der Waals surface area contributed by atoms with E-state index in [0.29, 0.717) is 19.5 Å². The average Bonchev–Trinajstić information content (AvgIpc) is 2.69. The highest BCUT2D eigenvalue weighted by atomic mass is 32.2. The molecule has 0 radical (unpaired) electrons. The SMILES string of the molecule is NS(=O)(=O)c1ccc(CCNC(=O)C[NH+]2CCN(c3ccc(F)cc3)CC2)cc1. The first-order chi connectivity index (χ1) is 13.8. The lowest BCUT2D eigenvalue weighted by molar-refractivity contribution is -0.892. The lowest BCUT2D eigenvalue weighted by atomic mass is 10.1. The number of nitrogens with one attached hydrogen (secondary N) is 2. The van der Waals surface area contributed by atoms with Gasteiger partial charge in [-0.15, -0.1) is 0 Å². The molecule has 0 saturated carbocycles. The van der Waals surface area contributed by atoms with Crippen molar-refractivity contribution < 1.29 is 22.5 Å². The van der Waals surface area contributed by atoms with E-state index in [4.69, 9.17) is 5.14 Å². The minimum Gasteiger partial charge on any atom is -0.360 e. The Balaban J connectivity index is 1.37. The molecule has 2 aromatic rings. The summed E-state index contributed by atoms with van der Waals surface area (Å²) in [5.74, 6) is -0.244. The monoisotopic (exact) mass is 421 g/mol. The topological polar surface area (TPSA) is 96.9 Å². The molecule has 0 aromatic heterocycles. The van der Waals surface area contributed by atoms with Gasteiger partial charge in [-0.1, -0.05) is 12.1 Å². The molecule has 0 bridgehead atoms. The van der Waals surface area contributed by atoms with E-state index in [9.17, 15) is 17.6 Å². The number of carbonyl (C=O) groups excluding carboxylic acids is 1. The van der Waals surface area contributed by atoms with Gasteiger partial charge in [0.15, 0.2) is 6.54 Å². The molecule has 0 aliphatic carbocycles. The van der Waals surface area contributed by atoms with Crippen LogP contribution in [0.25, 0.3) is 0 Å². The fourth-order valence-corrected chi connectivity index (χ4v) is 3.91. The van der Waals surface area contributed by atoms with Crippen LogP contribution in [0.4, 0.5) is 10.1 Å². The lowest BCUT2D eigenvalue weighted by Crippen LogP contribution is -3.16.